The van der Waals surface area contributed by atoms with Gasteiger partial charge in [0, 0.05) is 23.7 Å². The summed E-state index contributed by atoms with van der Waals surface area (Å²) in [5.41, 5.74) is 7.45. The van der Waals surface area contributed by atoms with Crippen LogP contribution >= 0.6 is 0 Å². The van der Waals surface area contributed by atoms with Crippen LogP contribution in [-0.4, -0.2) is 44.9 Å². The fourth-order valence-corrected chi connectivity index (χ4v) is 3.44. The number of carbonyl (C=O) groups excluding carboxylic acids is 1. The number of carboxylic acid groups (broad SMARTS) is 1. The molecule has 1 amide bonds. The van der Waals surface area contributed by atoms with Gasteiger partial charge < -0.3 is 29.8 Å². The molecule has 0 saturated carbocycles. The van der Waals surface area contributed by atoms with Gasteiger partial charge in [0.1, 0.15) is 24.3 Å². The molecule has 0 unspecified atom stereocenters. The van der Waals surface area contributed by atoms with Crippen molar-refractivity contribution < 1.29 is 24.2 Å². The highest BCUT2D eigenvalue weighted by atomic mass is 16.7. The Morgan fingerprint density at radius 2 is 2.17 bits per heavy atom. The summed E-state index contributed by atoms with van der Waals surface area (Å²) < 4.78 is 12.3. The van der Waals surface area contributed by atoms with Crippen molar-refractivity contribution in [2.45, 2.75) is 19.9 Å². The molecule has 0 radical (unpaired) electrons. The second kappa shape index (κ2) is 7.30. The maximum atomic E-state index is 13.1. The van der Waals surface area contributed by atoms with Crippen molar-refractivity contribution in [2.75, 3.05) is 23.8 Å². The van der Waals surface area contributed by atoms with Crippen molar-refractivity contribution >= 4 is 34.5 Å². The van der Waals surface area contributed by atoms with Crippen molar-refractivity contribution in [2.24, 2.45) is 0 Å². The van der Waals surface area contributed by atoms with Crippen molar-refractivity contribution in [3.63, 3.8) is 0 Å². The predicted octanol–water partition coefficient (Wildman–Crippen LogP) is 2.52. The fourth-order valence-electron chi connectivity index (χ4n) is 3.44. The standard InChI is InChI=1S/C19H19N5O5/c1-2-5-24-13-4-3-12(8-11(13)9-14(24)29-19(26)27)23-6-7-28-17-15(18(23)25)16(20)21-10-22-17/h3-4,8-10H,2,5-7H2,1H3,(H,26,27)(H2,20,21,22). The monoisotopic (exact) mass is 397 g/mol. The molecule has 3 aromatic rings. The number of benzene rings is 1. The van der Waals surface area contributed by atoms with Crippen LogP contribution in [0.25, 0.3) is 10.9 Å². The maximum Gasteiger partial charge on any atom is 0.512 e. The molecule has 1 aliphatic heterocycles. The summed E-state index contributed by atoms with van der Waals surface area (Å²) >= 11 is 0. The Morgan fingerprint density at radius 1 is 1.34 bits per heavy atom. The molecule has 10 heteroatoms. The van der Waals surface area contributed by atoms with E-state index in [4.69, 9.17) is 20.3 Å². The molecule has 150 valence electrons. The largest absolute Gasteiger partial charge is 0.512 e. The second-order valence-corrected chi connectivity index (χ2v) is 6.49. The van der Waals surface area contributed by atoms with Crippen LogP contribution in [-0.2, 0) is 6.54 Å². The highest BCUT2D eigenvalue weighted by Crippen LogP contribution is 2.32. The lowest BCUT2D eigenvalue weighted by molar-refractivity contribution is 0.0990. The lowest BCUT2D eigenvalue weighted by atomic mass is 10.2. The highest BCUT2D eigenvalue weighted by molar-refractivity contribution is 6.11. The Bertz CT molecular complexity index is 1110. The topological polar surface area (TPSA) is 133 Å². The van der Waals surface area contributed by atoms with Gasteiger partial charge in [-0.3, -0.25) is 4.79 Å². The number of nitrogens with two attached hydrogens (primary N) is 1. The molecule has 3 heterocycles. The number of ether oxygens (including phenoxy) is 2. The van der Waals surface area contributed by atoms with Gasteiger partial charge in [0.15, 0.2) is 0 Å². The van der Waals surface area contributed by atoms with Crippen LogP contribution in [0, 0.1) is 0 Å². The predicted molar refractivity (Wildman–Crippen MR) is 104 cm³/mol. The number of nitrogens with zero attached hydrogens (tertiary/aromatic N) is 4. The summed E-state index contributed by atoms with van der Waals surface area (Å²) in [6.07, 6.45) is 0.681. The van der Waals surface area contributed by atoms with Crippen molar-refractivity contribution in [1.29, 1.82) is 0 Å². The van der Waals surface area contributed by atoms with Crippen molar-refractivity contribution in [3.05, 3.63) is 36.2 Å². The minimum absolute atomic E-state index is 0.0548. The molecule has 0 atom stereocenters. The number of nitrogen functional groups attached to an aromatic ring is 1. The number of anilines is 2. The molecule has 0 fully saturated rings. The molecule has 1 aromatic carbocycles. The Hall–Kier alpha value is -3.82. The Morgan fingerprint density at radius 3 is 2.93 bits per heavy atom. The van der Waals surface area contributed by atoms with Crippen LogP contribution in [0.3, 0.4) is 0 Å². The summed E-state index contributed by atoms with van der Waals surface area (Å²) in [5, 5.41) is 9.75. The fraction of sp³-hybridized carbons (Fsp3) is 0.263. The first kappa shape index (κ1) is 18.5. The zero-order valence-corrected chi connectivity index (χ0v) is 15.7. The molecule has 10 nitrogen and oxygen atoms in total. The number of hydrogen-bond donors (Lipinski definition) is 2. The van der Waals surface area contributed by atoms with Gasteiger partial charge in [-0.2, -0.15) is 0 Å². The molecule has 2 aromatic heterocycles. The molecule has 0 aliphatic carbocycles. The van der Waals surface area contributed by atoms with Gasteiger partial charge in [-0.25, -0.2) is 14.8 Å². The van der Waals surface area contributed by atoms with Gasteiger partial charge in [0.05, 0.1) is 12.1 Å². The van der Waals surface area contributed by atoms with Crippen LogP contribution in [0.5, 0.6) is 11.8 Å². The number of aryl methyl sites for hydroxylation is 1. The zero-order valence-electron chi connectivity index (χ0n) is 15.7. The van der Waals surface area contributed by atoms with Crippen LogP contribution in [0.15, 0.2) is 30.6 Å². The Kier molecular flexibility index (Phi) is 4.67. The molecular weight excluding hydrogens is 378 g/mol. The molecule has 3 N–H and O–H groups in total. The molecule has 1 aliphatic rings. The van der Waals surface area contributed by atoms with Gasteiger partial charge in [-0.1, -0.05) is 6.92 Å². The number of aromatic nitrogens is 3. The van der Waals surface area contributed by atoms with Crippen LogP contribution in [0.2, 0.25) is 0 Å². The normalized spacial score (nSPS) is 13.7. The van der Waals surface area contributed by atoms with Gasteiger partial charge in [0.2, 0.25) is 11.8 Å². The van der Waals surface area contributed by atoms with E-state index < -0.39 is 6.16 Å². The number of fused-ring (bicyclic) bond motifs is 2. The third-order valence-corrected chi connectivity index (χ3v) is 4.65. The molecular formula is C19H19N5O5. The minimum Gasteiger partial charge on any atom is -0.475 e. The van der Waals surface area contributed by atoms with E-state index in [2.05, 4.69) is 9.97 Å². The van der Waals surface area contributed by atoms with Crippen molar-refractivity contribution in [3.8, 4) is 11.8 Å². The summed E-state index contributed by atoms with van der Waals surface area (Å²) in [6.45, 7) is 3.14. The smallest absolute Gasteiger partial charge is 0.475 e. The van der Waals surface area contributed by atoms with E-state index in [1.165, 1.54) is 6.33 Å². The summed E-state index contributed by atoms with van der Waals surface area (Å²) in [6, 6.07) is 7.08. The van der Waals surface area contributed by atoms with Crippen LogP contribution < -0.4 is 20.1 Å². The SMILES string of the molecule is CCCn1c(OC(=O)O)cc2cc(N3CCOc4ncnc(N)c4C3=O)ccc21. The lowest BCUT2D eigenvalue weighted by Gasteiger charge is -2.20. The number of amides is 1. The van der Waals surface area contributed by atoms with E-state index in [1.54, 1.807) is 27.7 Å². The lowest BCUT2D eigenvalue weighted by Crippen LogP contribution is -2.32. The van der Waals surface area contributed by atoms with E-state index in [9.17, 15) is 9.59 Å². The molecule has 0 bridgehead atoms. The number of rotatable bonds is 4. The van der Waals surface area contributed by atoms with Gasteiger partial charge >= 0.3 is 6.16 Å². The van der Waals surface area contributed by atoms with E-state index in [0.717, 1.165) is 17.3 Å². The quantitative estimate of drug-likeness (QED) is 0.642. The Labute approximate surface area is 165 Å². The summed E-state index contributed by atoms with van der Waals surface area (Å²) in [5.74, 6) is 0.0986. The number of hydrogen-bond acceptors (Lipinski definition) is 7. The van der Waals surface area contributed by atoms with E-state index in [0.29, 0.717) is 18.8 Å². The Balaban J connectivity index is 1.77. The van der Waals surface area contributed by atoms with Gasteiger partial charge in [-0.05, 0) is 24.6 Å². The van der Waals surface area contributed by atoms with Crippen molar-refractivity contribution in [1.82, 2.24) is 14.5 Å². The van der Waals surface area contributed by atoms with E-state index >= 15 is 0 Å². The van der Waals surface area contributed by atoms with Crippen LogP contribution in [0.4, 0.5) is 16.3 Å². The van der Waals surface area contributed by atoms with Gasteiger partial charge in [-0.15, -0.1) is 0 Å². The number of carbonyl (C=O) groups is 2. The van der Waals surface area contributed by atoms with Gasteiger partial charge in [0.25, 0.3) is 5.91 Å². The van der Waals surface area contributed by atoms with E-state index in [1.807, 2.05) is 13.0 Å². The molecule has 0 spiro atoms. The highest BCUT2D eigenvalue weighted by Gasteiger charge is 2.29. The first-order valence-corrected chi connectivity index (χ1v) is 9.08. The van der Waals surface area contributed by atoms with E-state index in [-0.39, 0.29) is 35.7 Å². The average Bonchev–Trinajstić information content (AvgIpc) is 2.90. The summed E-state index contributed by atoms with van der Waals surface area (Å²) in [4.78, 5) is 33.5. The third-order valence-electron chi connectivity index (χ3n) is 4.65. The summed E-state index contributed by atoms with van der Waals surface area (Å²) in [7, 11) is 0. The van der Waals surface area contributed by atoms with Crippen LogP contribution in [0.1, 0.15) is 23.7 Å². The third kappa shape index (κ3) is 3.28. The zero-order chi connectivity index (χ0) is 20.5. The second-order valence-electron chi connectivity index (χ2n) is 6.49. The molecule has 0 saturated heterocycles. The molecule has 29 heavy (non-hydrogen) atoms. The first-order chi connectivity index (χ1) is 14.0. The first-order valence-electron chi connectivity index (χ1n) is 9.08. The minimum atomic E-state index is -1.38. The average molecular weight is 397 g/mol. The maximum absolute atomic E-state index is 13.1. The molecule has 4 rings (SSSR count).